The third-order valence-electron chi connectivity index (χ3n) is 2.02. The molecule has 0 unspecified atom stereocenters. The van der Waals surface area contributed by atoms with Crippen molar-refractivity contribution in [3.63, 3.8) is 0 Å². The van der Waals surface area contributed by atoms with E-state index in [-0.39, 0.29) is 11.3 Å². The molecule has 0 saturated heterocycles. The van der Waals surface area contributed by atoms with Crippen LogP contribution >= 0.6 is 15.9 Å². The predicted molar refractivity (Wildman–Crippen MR) is 51.9 cm³/mol. The van der Waals surface area contributed by atoms with Gasteiger partial charge in [-0.15, -0.1) is 0 Å². The number of alkyl halides is 3. The summed E-state index contributed by atoms with van der Waals surface area (Å²) in [5.41, 5.74) is 1.04. The Kier molecular flexibility index (Phi) is 3.69. The van der Waals surface area contributed by atoms with Crippen molar-refractivity contribution in [2.75, 3.05) is 0 Å². The highest BCUT2D eigenvalue weighted by Crippen LogP contribution is 2.26. The van der Waals surface area contributed by atoms with Crippen LogP contribution in [0, 0.1) is 6.92 Å². The number of hydrogen-bond donors (Lipinski definition) is 0. The number of aldehydes is 1. The van der Waals surface area contributed by atoms with Crippen LogP contribution in [-0.2, 0) is 5.33 Å². The lowest BCUT2D eigenvalue weighted by atomic mass is 10.0. The van der Waals surface area contributed by atoms with Crippen molar-refractivity contribution in [1.29, 1.82) is 0 Å². The van der Waals surface area contributed by atoms with Gasteiger partial charge >= 0.3 is 0 Å². The molecule has 0 spiro atoms. The zero-order chi connectivity index (χ0) is 10.7. The van der Waals surface area contributed by atoms with Crippen LogP contribution in [0.25, 0.3) is 0 Å². The van der Waals surface area contributed by atoms with E-state index in [0.717, 1.165) is 6.20 Å². The Morgan fingerprint density at radius 2 is 2.29 bits per heavy atom. The minimum absolute atomic E-state index is 0.120. The third kappa shape index (κ3) is 1.97. The van der Waals surface area contributed by atoms with Gasteiger partial charge in [0.2, 0.25) is 0 Å². The molecule has 1 aromatic rings. The van der Waals surface area contributed by atoms with Gasteiger partial charge in [-0.3, -0.25) is 9.78 Å². The number of halogens is 3. The van der Waals surface area contributed by atoms with Gasteiger partial charge in [0.25, 0.3) is 6.43 Å². The summed E-state index contributed by atoms with van der Waals surface area (Å²) in [7, 11) is 0. The van der Waals surface area contributed by atoms with Crippen LogP contribution in [-0.4, -0.2) is 11.3 Å². The third-order valence-corrected chi connectivity index (χ3v) is 2.58. The van der Waals surface area contributed by atoms with Gasteiger partial charge in [-0.05, 0) is 18.1 Å². The highest BCUT2D eigenvalue weighted by Gasteiger charge is 2.16. The zero-order valence-electron chi connectivity index (χ0n) is 7.43. The summed E-state index contributed by atoms with van der Waals surface area (Å²) in [4.78, 5) is 14.2. The molecular formula is C9H8BrF2NO. The maximum absolute atomic E-state index is 12.4. The summed E-state index contributed by atoms with van der Waals surface area (Å²) in [5.74, 6) is 0. The summed E-state index contributed by atoms with van der Waals surface area (Å²) in [6, 6.07) is 0. The van der Waals surface area contributed by atoms with E-state index >= 15 is 0 Å². The van der Waals surface area contributed by atoms with Crippen LogP contribution in [0.3, 0.4) is 0 Å². The highest BCUT2D eigenvalue weighted by molar-refractivity contribution is 9.08. The summed E-state index contributed by atoms with van der Waals surface area (Å²) >= 11 is 3.14. The van der Waals surface area contributed by atoms with Crippen LogP contribution in [0.15, 0.2) is 6.20 Å². The van der Waals surface area contributed by atoms with Gasteiger partial charge in [-0.2, -0.15) is 0 Å². The van der Waals surface area contributed by atoms with E-state index in [1.807, 2.05) is 0 Å². The lowest BCUT2D eigenvalue weighted by molar-refractivity contribution is 0.111. The Morgan fingerprint density at radius 1 is 1.64 bits per heavy atom. The first-order chi connectivity index (χ1) is 6.61. The van der Waals surface area contributed by atoms with E-state index in [2.05, 4.69) is 20.9 Å². The van der Waals surface area contributed by atoms with E-state index in [1.165, 1.54) is 0 Å². The van der Waals surface area contributed by atoms with E-state index in [1.54, 1.807) is 6.92 Å². The fourth-order valence-corrected chi connectivity index (χ4v) is 1.88. The van der Waals surface area contributed by atoms with Gasteiger partial charge in [0.1, 0.15) is 5.69 Å². The maximum atomic E-state index is 12.4. The van der Waals surface area contributed by atoms with Gasteiger partial charge in [-0.25, -0.2) is 8.78 Å². The summed E-state index contributed by atoms with van der Waals surface area (Å²) < 4.78 is 24.9. The normalized spacial score (nSPS) is 10.6. The molecule has 0 aliphatic rings. The van der Waals surface area contributed by atoms with Crippen molar-refractivity contribution in [3.05, 3.63) is 28.6 Å². The number of aromatic nitrogens is 1. The summed E-state index contributed by atoms with van der Waals surface area (Å²) in [6.45, 7) is 1.56. The van der Waals surface area contributed by atoms with Crippen molar-refractivity contribution >= 4 is 22.2 Å². The molecule has 0 atom stereocenters. The fraction of sp³-hybridized carbons (Fsp3) is 0.333. The van der Waals surface area contributed by atoms with Crippen molar-refractivity contribution in [3.8, 4) is 0 Å². The van der Waals surface area contributed by atoms with Crippen LogP contribution < -0.4 is 0 Å². The maximum Gasteiger partial charge on any atom is 0.265 e. The minimum atomic E-state index is -2.55. The second-order valence-electron chi connectivity index (χ2n) is 2.75. The second kappa shape index (κ2) is 4.59. The molecule has 2 nitrogen and oxygen atoms in total. The first kappa shape index (κ1) is 11.2. The topological polar surface area (TPSA) is 30.0 Å². The Bertz CT molecular complexity index is 355. The smallest absolute Gasteiger partial charge is 0.265 e. The summed E-state index contributed by atoms with van der Waals surface area (Å²) in [6.07, 6.45) is -0.935. The number of pyridine rings is 1. The van der Waals surface area contributed by atoms with Gasteiger partial charge in [0.15, 0.2) is 6.29 Å². The minimum Gasteiger partial charge on any atom is -0.296 e. The lowest BCUT2D eigenvalue weighted by Crippen LogP contribution is -2.02. The van der Waals surface area contributed by atoms with E-state index in [9.17, 15) is 13.6 Å². The van der Waals surface area contributed by atoms with Crippen LogP contribution in [0.4, 0.5) is 8.78 Å². The molecule has 14 heavy (non-hydrogen) atoms. The van der Waals surface area contributed by atoms with Gasteiger partial charge in [0, 0.05) is 17.1 Å². The molecule has 1 rings (SSSR count). The van der Waals surface area contributed by atoms with Crippen molar-refractivity contribution in [2.24, 2.45) is 0 Å². The quantitative estimate of drug-likeness (QED) is 0.620. The average Bonchev–Trinajstić information content (AvgIpc) is 2.16. The number of hydrogen-bond acceptors (Lipinski definition) is 2. The SMILES string of the molecule is Cc1c(C(F)F)cnc(C=O)c1CBr. The molecule has 1 heterocycles. The highest BCUT2D eigenvalue weighted by atomic mass is 79.9. The molecule has 0 saturated carbocycles. The molecule has 0 bridgehead atoms. The molecule has 1 aromatic heterocycles. The Morgan fingerprint density at radius 3 is 2.71 bits per heavy atom. The average molecular weight is 264 g/mol. The molecule has 0 fully saturated rings. The van der Waals surface area contributed by atoms with Crippen molar-refractivity contribution in [1.82, 2.24) is 4.98 Å². The molecule has 0 radical (unpaired) electrons. The molecule has 0 aliphatic carbocycles. The molecule has 76 valence electrons. The number of nitrogens with zero attached hydrogens (tertiary/aromatic N) is 1. The van der Waals surface area contributed by atoms with Crippen LogP contribution in [0.2, 0.25) is 0 Å². The zero-order valence-corrected chi connectivity index (χ0v) is 9.01. The number of carbonyl (C=O) groups is 1. The number of rotatable bonds is 3. The van der Waals surface area contributed by atoms with E-state index in [0.29, 0.717) is 22.7 Å². The first-order valence-electron chi connectivity index (χ1n) is 3.89. The molecule has 0 amide bonds. The Balaban J connectivity index is 3.34. The lowest BCUT2D eigenvalue weighted by Gasteiger charge is -2.09. The number of carbonyl (C=O) groups excluding carboxylic acids is 1. The summed E-state index contributed by atoms with van der Waals surface area (Å²) in [5, 5.41) is 0.348. The van der Waals surface area contributed by atoms with Gasteiger partial charge < -0.3 is 0 Å². The fourth-order valence-electron chi connectivity index (χ4n) is 1.17. The van der Waals surface area contributed by atoms with Gasteiger partial charge in [-0.1, -0.05) is 15.9 Å². The van der Waals surface area contributed by atoms with E-state index < -0.39 is 6.43 Å². The van der Waals surface area contributed by atoms with Crippen LogP contribution in [0.5, 0.6) is 0 Å². The standard InChI is InChI=1S/C9H8BrF2NO/c1-5-6(2-10)8(4-14)13-3-7(5)9(11)12/h3-4,9H,2H2,1H3. The van der Waals surface area contributed by atoms with Crippen LogP contribution in [0.1, 0.15) is 33.6 Å². The Hall–Kier alpha value is -0.840. The first-order valence-corrected chi connectivity index (χ1v) is 5.01. The monoisotopic (exact) mass is 263 g/mol. The molecule has 0 aliphatic heterocycles. The molecule has 0 aromatic carbocycles. The molecule has 0 N–H and O–H groups in total. The molecular weight excluding hydrogens is 256 g/mol. The van der Waals surface area contributed by atoms with Crippen molar-refractivity contribution < 1.29 is 13.6 Å². The predicted octanol–water partition coefficient (Wildman–Crippen LogP) is 3.04. The molecule has 5 heteroatoms. The Labute approximate surface area is 88.5 Å². The van der Waals surface area contributed by atoms with Gasteiger partial charge in [0.05, 0.1) is 0 Å². The largest absolute Gasteiger partial charge is 0.296 e. The van der Waals surface area contributed by atoms with Crippen molar-refractivity contribution in [2.45, 2.75) is 18.7 Å². The second-order valence-corrected chi connectivity index (χ2v) is 3.32. The van der Waals surface area contributed by atoms with E-state index in [4.69, 9.17) is 0 Å².